The van der Waals surface area contributed by atoms with Gasteiger partial charge in [0, 0.05) is 20.0 Å². The van der Waals surface area contributed by atoms with Crippen molar-refractivity contribution in [3.05, 3.63) is 0 Å². The highest BCUT2D eigenvalue weighted by Gasteiger charge is 2.02. The van der Waals surface area contributed by atoms with Crippen molar-refractivity contribution >= 4 is 11.5 Å². The van der Waals surface area contributed by atoms with E-state index in [1.165, 1.54) is 0 Å². The molecule has 0 aliphatic carbocycles. The van der Waals surface area contributed by atoms with Gasteiger partial charge >= 0.3 is 0 Å². The van der Waals surface area contributed by atoms with Gasteiger partial charge in [-0.3, -0.25) is 9.79 Å². The minimum Gasteiger partial charge on any atom is -0.319 e. The SMILES string of the molecule is CN=C(C)C(=O)CCNC. The van der Waals surface area contributed by atoms with Crippen molar-refractivity contribution in [2.75, 3.05) is 20.6 Å². The normalized spacial score (nSPS) is 11.7. The molecule has 0 fully saturated rings. The molecule has 0 amide bonds. The van der Waals surface area contributed by atoms with Crippen LogP contribution < -0.4 is 5.32 Å². The van der Waals surface area contributed by atoms with Gasteiger partial charge in [0.15, 0.2) is 5.78 Å². The monoisotopic (exact) mass is 142 g/mol. The Morgan fingerprint density at radius 3 is 2.60 bits per heavy atom. The van der Waals surface area contributed by atoms with E-state index < -0.39 is 0 Å². The van der Waals surface area contributed by atoms with Crippen LogP contribution in [0.2, 0.25) is 0 Å². The maximum absolute atomic E-state index is 11.0. The molecule has 0 unspecified atom stereocenters. The lowest BCUT2D eigenvalue weighted by Crippen LogP contribution is -2.17. The molecule has 0 spiro atoms. The first-order valence-corrected chi connectivity index (χ1v) is 3.33. The van der Waals surface area contributed by atoms with E-state index in [0.29, 0.717) is 12.1 Å². The Balaban J connectivity index is 3.63. The molecule has 0 saturated carbocycles. The number of nitrogens with one attached hydrogen (secondary N) is 1. The number of hydrogen-bond donors (Lipinski definition) is 1. The Morgan fingerprint density at radius 2 is 2.20 bits per heavy atom. The van der Waals surface area contributed by atoms with Crippen LogP contribution in [-0.2, 0) is 4.79 Å². The second-order valence-corrected chi connectivity index (χ2v) is 2.09. The first-order valence-electron chi connectivity index (χ1n) is 3.33. The minimum absolute atomic E-state index is 0.122. The largest absolute Gasteiger partial charge is 0.319 e. The van der Waals surface area contributed by atoms with Crippen LogP contribution in [0.3, 0.4) is 0 Å². The highest BCUT2D eigenvalue weighted by atomic mass is 16.1. The standard InChI is InChI=1S/C7H14N2O/c1-6(9-3)7(10)4-5-8-2/h8H,4-5H2,1-3H3. The summed E-state index contributed by atoms with van der Waals surface area (Å²) < 4.78 is 0. The van der Waals surface area contributed by atoms with E-state index in [9.17, 15) is 4.79 Å². The van der Waals surface area contributed by atoms with Crippen molar-refractivity contribution in [3.63, 3.8) is 0 Å². The van der Waals surface area contributed by atoms with E-state index in [1.54, 1.807) is 14.0 Å². The van der Waals surface area contributed by atoms with Gasteiger partial charge in [-0.25, -0.2) is 0 Å². The van der Waals surface area contributed by atoms with Crippen LogP contribution in [0, 0.1) is 0 Å². The quantitative estimate of drug-likeness (QED) is 0.572. The Hall–Kier alpha value is -0.700. The van der Waals surface area contributed by atoms with E-state index >= 15 is 0 Å². The van der Waals surface area contributed by atoms with Crippen LogP contribution >= 0.6 is 0 Å². The van der Waals surface area contributed by atoms with Gasteiger partial charge < -0.3 is 5.32 Å². The van der Waals surface area contributed by atoms with Gasteiger partial charge in [-0.1, -0.05) is 0 Å². The molecule has 0 aliphatic rings. The molecule has 0 aliphatic heterocycles. The summed E-state index contributed by atoms with van der Waals surface area (Å²) in [7, 11) is 3.46. The first kappa shape index (κ1) is 9.30. The van der Waals surface area contributed by atoms with Crippen LogP contribution in [0.4, 0.5) is 0 Å². The first-order chi connectivity index (χ1) is 4.72. The van der Waals surface area contributed by atoms with E-state index in [0.717, 1.165) is 6.54 Å². The van der Waals surface area contributed by atoms with E-state index in [-0.39, 0.29) is 5.78 Å². The average Bonchev–Trinajstić information content (AvgIpc) is 1.98. The summed E-state index contributed by atoms with van der Waals surface area (Å²) in [6.07, 6.45) is 0.541. The summed E-state index contributed by atoms with van der Waals surface area (Å²) in [5, 5.41) is 2.90. The number of nitrogens with zero attached hydrogens (tertiary/aromatic N) is 1. The number of carbonyl (C=O) groups excluding carboxylic acids is 1. The average molecular weight is 142 g/mol. The predicted octanol–water partition coefficient (Wildman–Crippen LogP) is 0.256. The van der Waals surface area contributed by atoms with Crippen molar-refractivity contribution in [3.8, 4) is 0 Å². The predicted molar refractivity (Wildman–Crippen MR) is 42.6 cm³/mol. The lowest BCUT2D eigenvalue weighted by molar-refractivity contribution is -0.112. The summed E-state index contributed by atoms with van der Waals surface area (Å²) in [6.45, 7) is 2.46. The molecule has 0 radical (unpaired) electrons. The van der Waals surface area contributed by atoms with Crippen LogP contribution in [0.15, 0.2) is 4.99 Å². The molecular weight excluding hydrogens is 128 g/mol. The molecule has 0 heterocycles. The second-order valence-electron chi connectivity index (χ2n) is 2.09. The summed E-state index contributed by atoms with van der Waals surface area (Å²) in [4.78, 5) is 14.7. The molecule has 0 rings (SSSR count). The zero-order valence-electron chi connectivity index (χ0n) is 6.77. The fourth-order valence-electron chi connectivity index (χ4n) is 0.544. The molecule has 1 N–H and O–H groups in total. The summed E-state index contributed by atoms with van der Waals surface area (Å²) in [5.41, 5.74) is 0.607. The third-order valence-electron chi connectivity index (χ3n) is 1.34. The molecule has 0 aromatic rings. The van der Waals surface area contributed by atoms with Crippen LogP contribution in [0.25, 0.3) is 0 Å². The lowest BCUT2D eigenvalue weighted by Gasteiger charge is -1.96. The zero-order valence-corrected chi connectivity index (χ0v) is 6.77. The molecule has 0 aromatic carbocycles. The van der Waals surface area contributed by atoms with Gasteiger partial charge in [0.25, 0.3) is 0 Å². The van der Waals surface area contributed by atoms with Gasteiger partial charge in [-0.2, -0.15) is 0 Å². The Morgan fingerprint density at radius 1 is 1.60 bits per heavy atom. The minimum atomic E-state index is 0.122. The molecule has 58 valence electrons. The maximum Gasteiger partial charge on any atom is 0.177 e. The van der Waals surface area contributed by atoms with Gasteiger partial charge in [-0.05, 0) is 14.0 Å². The Kier molecular flexibility index (Phi) is 4.76. The molecule has 10 heavy (non-hydrogen) atoms. The van der Waals surface area contributed by atoms with Crippen LogP contribution in [0.1, 0.15) is 13.3 Å². The summed E-state index contributed by atoms with van der Waals surface area (Å²) in [6, 6.07) is 0. The summed E-state index contributed by atoms with van der Waals surface area (Å²) in [5.74, 6) is 0.122. The van der Waals surface area contributed by atoms with Crippen molar-refractivity contribution in [1.29, 1.82) is 0 Å². The number of rotatable bonds is 4. The number of ketones is 1. The highest BCUT2D eigenvalue weighted by Crippen LogP contribution is 1.84. The molecule has 3 heteroatoms. The van der Waals surface area contributed by atoms with Crippen LogP contribution in [-0.4, -0.2) is 32.1 Å². The van der Waals surface area contributed by atoms with Crippen molar-refractivity contribution in [1.82, 2.24) is 5.32 Å². The molecule has 0 bridgehead atoms. The van der Waals surface area contributed by atoms with E-state index in [4.69, 9.17) is 0 Å². The second kappa shape index (κ2) is 5.11. The number of aliphatic imine (C=N–C) groups is 1. The summed E-state index contributed by atoms with van der Waals surface area (Å²) >= 11 is 0. The number of Topliss-reactive ketones (excluding diaryl/α,β-unsaturated/α-hetero) is 1. The lowest BCUT2D eigenvalue weighted by atomic mass is 10.2. The van der Waals surface area contributed by atoms with Gasteiger partial charge in [0.2, 0.25) is 0 Å². The molecule has 0 saturated heterocycles. The smallest absolute Gasteiger partial charge is 0.177 e. The van der Waals surface area contributed by atoms with Gasteiger partial charge in [-0.15, -0.1) is 0 Å². The highest BCUT2D eigenvalue weighted by molar-refractivity contribution is 6.38. The van der Waals surface area contributed by atoms with Gasteiger partial charge in [0.05, 0.1) is 5.71 Å². The van der Waals surface area contributed by atoms with Crippen LogP contribution in [0.5, 0.6) is 0 Å². The molecule has 0 aromatic heterocycles. The number of hydrogen-bond acceptors (Lipinski definition) is 3. The van der Waals surface area contributed by atoms with Crippen molar-refractivity contribution in [2.24, 2.45) is 4.99 Å². The van der Waals surface area contributed by atoms with E-state index in [2.05, 4.69) is 10.3 Å². The Labute approximate surface area is 61.5 Å². The topological polar surface area (TPSA) is 41.5 Å². The fraction of sp³-hybridized carbons (Fsp3) is 0.714. The van der Waals surface area contributed by atoms with Crippen molar-refractivity contribution in [2.45, 2.75) is 13.3 Å². The van der Waals surface area contributed by atoms with E-state index in [1.807, 2.05) is 7.05 Å². The molecular formula is C7H14N2O. The molecule has 3 nitrogen and oxygen atoms in total. The zero-order chi connectivity index (χ0) is 7.98. The fourth-order valence-corrected chi connectivity index (χ4v) is 0.544. The maximum atomic E-state index is 11.0. The van der Waals surface area contributed by atoms with Gasteiger partial charge in [0.1, 0.15) is 0 Å². The third-order valence-corrected chi connectivity index (χ3v) is 1.34. The Bertz CT molecular complexity index is 141. The van der Waals surface area contributed by atoms with Crippen molar-refractivity contribution < 1.29 is 4.79 Å². The third kappa shape index (κ3) is 3.35. The number of carbonyl (C=O) groups is 1. The molecule has 0 atom stereocenters.